The summed E-state index contributed by atoms with van der Waals surface area (Å²) in [5.41, 5.74) is 2.86. The zero-order valence-corrected chi connectivity index (χ0v) is 14.1. The molecular weight excluding hydrogens is 330 g/mol. The number of aromatic nitrogens is 3. The Morgan fingerprint density at radius 3 is 2.73 bits per heavy atom. The van der Waals surface area contributed by atoms with E-state index >= 15 is 0 Å². The predicted molar refractivity (Wildman–Crippen MR) is 97.8 cm³/mol. The SMILES string of the molecule is CNC(=O)c1ncn2c(NCc3ccco3)ncc(-c3ccccc3)c12. The molecular formula is C19H17N5O2. The van der Waals surface area contributed by atoms with Gasteiger partial charge in [-0.25, -0.2) is 9.97 Å². The van der Waals surface area contributed by atoms with Gasteiger partial charge in [0.25, 0.3) is 5.91 Å². The molecule has 0 fully saturated rings. The van der Waals surface area contributed by atoms with E-state index in [1.54, 1.807) is 30.2 Å². The van der Waals surface area contributed by atoms with Gasteiger partial charge in [-0.2, -0.15) is 0 Å². The van der Waals surface area contributed by atoms with E-state index in [-0.39, 0.29) is 5.91 Å². The minimum Gasteiger partial charge on any atom is -0.467 e. The Hall–Kier alpha value is -3.61. The number of hydrogen-bond acceptors (Lipinski definition) is 5. The summed E-state index contributed by atoms with van der Waals surface area (Å²) in [5, 5.41) is 5.87. The van der Waals surface area contributed by atoms with Gasteiger partial charge in [-0.1, -0.05) is 30.3 Å². The molecule has 0 radical (unpaired) electrons. The normalized spacial score (nSPS) is 10.8. The molecule has 130 valence electrons. The lowest BCUT2D eigenvalue weighted by atomic mass is 10.1. The molecule has 0 aliphatic rings. The second-order valence-electron chi connectivity index (χ2n) is 5.69. The fourth-order valence-electron chi connectivity index (χ4n) is 2.84. The van der Waals surface area contributed by atoms with Crippen molar-refractivity contribution in [3.05, 3.63) is 72.7 Å². The number of fused-ring (bicyclic) bond motifs is 1. The molecule has 1 aromatic carbocycles. The van der Waals surface area contributed by atoms with Crippen LogP contribution in [0.5, 0.6) is 0 Å². The molecule has 0 aliphatic carbocycles. The third-order valence-electron chi connectivity index (χ3n) is 4.09. The molecule has 0 aliphatic heterocycles. The first-order valence-corrected chi connectivity index (χ1v) is 8.17. The van der Waals surface area contributed by atoms with Crippen LogP contribution < -0.4 is 10.6 Å². The van der Waals surface area contributed by atoms with Crippen molar-refractivity contribution in [1.82, 2.24) is 19.7 Å². The van der Waals surface area contributed by atoms with Crippen molar-refractivity contribution in [3.8, 4) is 11.1 Å². The van der Waals surface area contributed by atoms with Gasteiger partial charge in [0, 0.05) is 18.8 Å². The van der Waals surface area contributed by atoms with E-state index in [4.69, 9.17) is 4.42 Å². The minimum absolute atomic E-state index is 0.243. The number of nitrogens with zero attached hydrogens (tertiary/aromatic N) is 3. The van der Waals surface area contributed by atoms with E-state index in [0.29, 0.717) is 23.7 Å². The lowest BCUT2D eigenvalue weighted by Gasteiger charge is -2.11. The second kappa shape index (κ2) is 6.72. The number of nitrogens with one attached hydrogen (secondary N) is 2. The molecule has 0 spiro atoms. The first-order valence-electron chi connectivity index (χ1n) is 8.17. The first-order chi connectivity index (χ1) is 12.8. The third-order valence-corrected chi connectivity index (χ3v) is 4.09. The number of amides is 1. The van der Waals surface area contributed by atoms with Crippen LogP contribution in [0, 0.1) is 0 Å². The number of anilines is 1. The van der Waals surface area contributed by atoms with E-state index in [2.05, 4.69) is 20.6 Å². The van der Waals surface area contributed by atoms with Crippen LogP contribution in [0.25, 0.3) is 16.6 Å². The Kier molecular flexibility index (Phi) is 4.10. The number of benzene rings is 1. The van der Waals surface area contributed by atoms with Gasteiger partial charge in [0.05, 0.1) is 18.3 Å². The highest BCUT2D eigenvalue weighted by Crippen LogP contribution is 2.28. The van der Waals surface area contributed by atoms with E-state index in [1.165, 1.54) is 0 Å². The molecule has 0 unspecified atom stereocenters. The van der Waals surface area contributed by atoms with Gasteiger partial charge in [0.15, 0.2) is 5.69 Å². The zero-order valence-electron chi connectivity index (χ0n) is 14.1. The Morgan fingerprint density at radius 2 is 2.00 bits per heavy atom. The molecule has 2 N–H and O–H groups in total. The van der Waals surface area contributed by atoms with E-state index < -0.39 is 0 Å². The molecule has 1 amide bonds. The number of carbonyl (C=O) groups is 1. The monoisotopic (exact) mass is 347 g/mol. The number of furan rings is 1. The smallest absolute Gasteiger partial charge is 0.271 e. The maximum atomic E-state index is 12.3. The molecule has 4 rings (SSSR count). The summed E-state index contributed by atoms with van der Waals surface area (Å²) in [6.07, 6.45) is 4.98. The van der Waals surface area contributed by atoms with Crippen LogP contribution >= 0.6 is 0 Å². The lowest BCUT2D eigenvalue weighted by Crippen LogP contribution is -2.19. The van der Waals surface area contributed by atoms with Gasteiger partial charge in [-0.05, 0) is 17.7 Å². The highest BCUT2D eigenvalue weighted by atomic mass is 16.3. The maximum Gasteiger partial charge on any atom is 0.271 e. The quantitative estimate of drug-likeness (QED) is 0.580. The summed E-state index contributed by atoms with van der Waals surface area (Å²) in [5.74, 6) is 1.13. The molecule has 7 nitrogen and oxygen atoms in total. The van der Waals surface area contributed by atoms with Crippen LogP contribution in [0.15, 0.2) is 65.7 Å². The molecule has 0 atom stereocenters. The average molecular weight is 347 g/mol. The van der Waals surface area contributed by atoms with Crippen molar-refractivity contribution in [1.29, 1.82) is 0 Å². The Labute approximate surface area is 149 Å². The molecule has 26 heavy (non-hydrogen) atoms. The van der Waals surface area contributed by atoms with Crippen LogP contribution in [0.3, 0.4) is 0 Å². The molecule has 0 saturated carbocycles. The highest BCUT2D eigenvalue weighted by molar-refractivity contribution is 6.03. The molecule has 0 saturated heterocycles. The lowest BCUT2D eigenvalue weighted by molar-refractivity contribution is 0.0960. The Bertz CT molecular complexity index is 1040. The third kappa shape index (κ3) is 2.79. The Morgan fingerprint density at radius 1 is 1.15 bits per heavy atom. The van der Waals surface area contributed by atoms with Gasteiger partial charge in [-0.3, -0.25) is 9.20 Å². The molecule has 3 heterocycles. The fraction of sp³-hybridized carbons (Fsp3) is 0.105. The largest absolute Gasteiger partial charge is 0.467 e. The zero-order chi connectivity index (χ0) is 17.9. The van der Waals surface area contributed by atoms with Gasteiger partial charge in [0.1, 0.15) is 12.1 Å². The van der Waals surface area contributed by atoms with Crippen LogP contribution in [-0.4, -0.2) is 27.3 Å². The van der Waals surface area contributed by atoms with Crippen molar-refractivity contribution in [2.75, 3.05) is 12.4 Å². The first kappa shape index (κ1) is 15.9. The van der Waals surface area contributed by atoms with Crippen LogP contribution in [0.1, 0.15) is 16.2 Å². The number of imidazole rings is 1. The summed E-state index contributed by atoms with van der Waals surface area (Å²) in [6.45, 7) is 0.479. The fourth-order valence-corrected chi connectivity index (χ4v) is 2.84. The summed E-state index contributed by atoms with van der Waals surface area (Å²) in [4.78, 5) is 21.1. The van der Waals surface area contributed by atoms with Gasteiger partial charge in [-0.15, -0.1) is 0 Å². The van der Waals surface area contributed by atoms with E-state index in [0.717, 1.165) is 16.9 Å². The van der Waals surface area contributed by atoms with E-state index in [1.807, 2.05) is 42.5 Å². The number of hydrogen-bond donors (Lipinski definition) is 2. The van der Waals surface area contributed by atoms with Gasteiger partial charge in [0.2, 0.25) is 5.95 Å². The highest BCUT2D eigenvalue weighted by Gasteiger charge is 2.19. The van der Waals surface area contributed by atoms with Crippen molar-refractivity contribution < 1.29 is 9.21 Å². The van der Waals surface area contributed by atoms with Crippen molar-refractivity contribution in [2.45, 2.75) is 6.54 Å². The van der Waals surface area contributed by atoms with Crippen molar-refractivity contribution in [3.63, 3.8) is 0 Å². The molecule has 7 heteroatoms. The van der Waals surface area contributed by atoms with Crippen LogP contribution in [-0.2, 0) is 6.54 Å². The van der Waals surface area contributed by atoms with Gasteiger partial charge < -0.3 is 15.1 Å². The maximum absolute atomic E-state index is 12.3. The summed E-state index contributed by atoms with van der Waals surface area (Å²) >= 11 is 0. The van der Waals surface area contributed by atoms with E-state index in [9.17, 15) is 4.79 Å². The molecule has 3 aromatic heterocycles. The Balaban J connectivity index is 1.83. The summed E-state index contributed by atoms with van der Waals surface area (Å²) in [6, 6.07) is 13.5. The average Bonchev–Trinajstić information content (AvgIpc) is 3.36. The second-order valence-corrected chi connectivity index (χ2v) is 5.69. The van der Waals surface area contributed by atoms with Crippen molar-refractivity contribution >= 4 is 17.4 Å². The standard InChI is InChI=1S/C19H17N5O2/c1-20-18(25)16-17-15(13-6-3-2-4-7-13)11-22-19(24(17)12-23-16)21-10-14-8-5-9-26-14/h2-9,11-12H,10H2,1H3,(H,20,25)(H,21,22). The summed E-state index contributed by atoms with van der Waals surface area (Å²) in [7, 11) is 1.59. The van der Waals surface area contributed by atoms with Crippen LogP contribution in [0.4, 0.5) is 5.95 Å². The number of rotatable bonds is 5. The summed E-state index contributed by atoms with van der Waals surface area (Å²) < 4.78 is 7.13. The number of carbonyl (C=O) groups excluding carboxylic acids is 1. The van der Waals surface area contributed by atoms with Crippen LogP contribution in [0.2, 0.25) is 0 Å². The topological polar surface area (TPSA) is 84.5 Å². The molecule has 0 bridgehead atoms. The van der Waals surface area contributed by atoms with Crippen molar-refractivity contribution in [2.24, 2.45) is 0 Å². The minimum atomic E-state index is -0.243. The van der Waals surface area contributed by atoms with Gasteiger partial charge >= 0.3 is 0 Å². The predicted octanol–water partition coefficient (Wildman–Crippen LogP) is 2.96. The molecule has 4 aromatic rings.